The van der Waals surface area contributed by atoms with Gasteiger partial charge in [0.05, 0.1) is 6.61 Å². The molecule has 0 aliphatic heterocycles. The standard InChI is InChI=1S/C10H23NO/c1-6-10(7-2,9-12-5)8-11(3)4/h6-9H2,1-5H3. The minimum absolute atomic E-state index is 0.359. The Hall–Kier alpha value is -0.0800. The third-order valence-corrected chi connectivity index (χ3v) is 2.60. The summed E-state index contributed by atoms with van der Waals surface area (Å²) >= 11 is 0. The van der Waals surface area contributed by atoms with Crippen molar-refractivity contribution in [2.45, 2.75) is 26.7 Å². The van der Waals surface area contributed by atoms with Crippen molar-refractivity contribution in [2.24, 2.45) is 5.41 Å². The molecule has 0 rings (SSSR count). The quantitative estimate of drug-likeness (QED) is 0.609. The summed E-state index contributed by atoms with van der Waals surface area (Å²) in [5.41, 5.74) is 0.359. The molecule has 0 atom stereocenters. The first-order valence-corrected chi connectivity index (χ1v) is 4.74. The van der Waals surface area contributed by atoms with E-state index in [2.05, 4.69) is 32.8 Å². The largest absolute Gasteiger partial charge is 0.384 e. The number of methoxy groups -OCH3 is 1. The Morgan fingerprint density at radius 2 is 1.67 bits per heavy atom. The van der Waals surface area contributed by atoms with Gasteiger partial charge in [0.2, 0.25) is 0 Å². The van der Waals surface area contributed by atoms with Crippen molar-refractivity contribution in [1.29, 1.82) is 0 Å². The molecule has 0 aliphatic carbocycles. The summed E-state index contributed by atoms with van der Waals surface area (Å²) in [5, 5.41) is 0. The second kappa shape index (κ2) is 5.55. The first kappa shape index (κ1) is 11.9. The van der Waals surface area contributed by atoms with Crippen LogP contribution in [0.2, 0.25) is 0 Å². The van der Waals surface area contributed by atoms with Crippen LogP contribution in [0.15, 0.2) is 0 Å². The second-order valence-corrected chi connectivity index (χ2v) is 3.88. The highest BCUT2D eigenvalue weighted by molar-refractivity contribution is 4.78. The van der Waals surface area contributed by atoms with Gasteiger partial charge in [-0.15, -0.1) is 0 Å². The van der Waals surface area contributed by atoms with E-state index < -0.39 is 0 Å². The highest BCUT2D eigenvalue weighted by atomic mass is 16.5. The molecular formula is C10H23NO. The number of hydrogen-bond acceptors (Lipinski definition) is 2. The van der Waals surface area contributed by atoms with Gasteiger partial charge in [0.25, 0.3) is 0 Å². The molecule has 0 unspecified atom stereocenters. The molecule has 0 N–H and O–H groups in total. The van der Waals surface area contributed by atoms with E-state index in [1.165, 1.54) is 12.8 Å². The molecule has 0 amide bonds. The van der Waals surface area contributed by atoms with E-state index >= 15 is 0 Å². The van der Waals surface area contributed by atoms with Crippen molar-refractivity contribution in [1.82, 2.24) is 4.90 Å². The zero-order valence-electron chi connectivity index (χ0n) is 9.18. The normalized spacial score (nSPS) is 12.5. The summed E-state index contributed by atoms with van der Waals surface area (Å²) < 4.78 is 5.26. The van der Waals surface area contributed by atoms with Crippen LogP contribution in [0.5, 0.6) is 0 Å². The first-order chi connectivity index (χ1) is 5.60. The molecule has 0 aromatic heterocycles. The van der Waals surface area contributed by atoms with Crippen LogP contribution in [0.25, 0.3) is 0 Å². The minimum Gasteiger partial charge on any atom is -0.384 e. The fourth-order valence-corrected chi connectivity index (χ4v) is 1.70. The maximum Gasteiger partial charge on any atom is 0.0530 e. The molecule has 0 saturated carbocycles. The van der Waals surface area contributed by atoms with Gasteiger partial charge in [-0.25, -0.2) is 0 Å². The van der Waals surface area contributed by atoms with Gasteiger partial charge in [0.1, 0.15) is 0 Å². The van der Waals surface area contributed by atoms with E-state index in [0.29, 0.717) is 5.41 Å². The van der Waals surface area contributed by atoms with E-state index in [1.54, 1.807) is 7.11 Å². The van der Waals surface area contributed by atoms with Crippen LogP contribution in [0.1, 0.15) is 26.7 Å². The third-order valence-electron chi connectivity index (χ3n) is 2.60. The molecule has 0 aliphatic rings. The van der Waals surface area contributed by atoms with E-state index in [4.69, 9.17) is 4.74 Å². The summed E-state index contributed by atoms with van der Waals surface area (Å²) in [6, 6.07) is 0. The number of nitrogens with zero attached hydrogens (tertiary/aromatic N) is 1. The predicted octanol–water partition coefficient (Wildman–Crippen LogP) is 2.00. The third kappa shape index (κ3) is 3.55. The number of rotatable bonds is 6. The molecule has 0 fully saturated rings. The van der Waals surface area contributed by atoms with Crippen LogP contribution in [-0.4, -0.2) is 39.3 Å². The molecule has 74 valence electrons. The topological polar surface area (TPSA) is 12.5 Å². The zero-order valence-corrected chi connectivity index (χ0v) is 9.18. The molecular weight excluding hydrogens is 150 g/mol. The van der Waals surface area contributed by atoms with Crippen molar-refractivity contribution in [3.63, 3.8) is 0 Å². The molecule has 0 bridgehead atoms. The smallest absolute Gasteiger partial charge is 0.0530 e. The molecule has 0 aromatic rings. The van der Waals surface area contributed by atoms with Crippen LogP contribution in [0.3, 0.4) is 0 Å². The van der Waals surface area contributed by atoms with Crippen molar-refractivity contribution in [3.8, 4) is 0 Å². The van der Waals surface area contributed by atoms with Gasteiger partial charge in [0.15, 0.2) is 0 Å². The zero-order chi connectivity index (χ0) is 9.61. The van der Waals surface area contributed by atoms with E-state index in [0.717, 1.165) is 13.2 Å². The molecule has 12 heavy (non-hydrogen) atoms. The van der Waals surface area contributed by atoms with Crippen molar-refractivity contribution < 1.29 is 4.74 Å². The van der Waals surface area contributed by atoms with Crippen molar-refractivity contribution >= 4 is 0 Å². The fourth-order valence-electron chi connectivity index (χ4n) is 1.70. The summed E-state index contributed by atoms with van der Waals surface area (Å²) in [5.74, 6) is 0. The highest BCUT2D eigenvalue weighted by Gasteiger charge is 2.26. The molecule has 2 heteroatoms. The van der Waals surface area contributed by atoms with Crippen molar-refractivity contribution in [3.05, 3.63) is 0 Å². The Kier molecular flexibility index (Phi) is 5.51. The Labute approximate surface area is 76.9 Å². The minimum atomic E-state index is 0.359. The van der Waals surface area contributed by atoms with Gasteiger partial charge in [-0.05, 0) is 26.9 Å². The van der Waals surface area contributed by atoms with E-state index in [9.17, 15) is 0 Å². The summed E-state index contributed by atoms with van der Waals surface area (Å²) in [6.45, 7) is 6.48. The monoisotopic (exact) mass is 173 g/mol. The summed E-state index contributed by atoms with van der Waals surface area (Å²) in [4.78, 5) is 2.24. The summed E-state index contributed by atoms with van der Waals surface area (Å²) in [6.07, 6.45) is 2.38. The lowest BCUT2D eigenvalue weighted by atomic mass is 9.83. The fraction of sp³-hybridized carbons (Fsp3) is 1.00. The van der Waals surface area contributed by atoms with Crippen LogP contribution in [-0.2, 0) is 4.74 Å². The Balaban J connectivity index is 4.13. The lowest BCUT2D eigenvalue weighted by Gasteiger charge is -2.33. The Morgan fingerprint density at radius 3 is 1.92 bits per heavy atom. The molecule has 0 radical (unpaired) electrons. The molecule has 0 aromatic carbocycles. The number of hydrogen-bond donors (Lipinski definition) is 0. The van der Waals surface area contributed by atoms with Crippen LogP contribution < -0.4 is 0 Å². The second-order valence-electron chi connectivity index (χ2n) is 3.88. The van der Waals surface area contributed by atoms with Crippen LogP contribution >= 0.6 is 0 Å². The summed E-state index contributed by atoms with van der Waals surface area (Å²) in [7, 11) is 6.03. The van der Waals surface area contributed by atoms with Crippen LogP contribution in [0, 0.1) is 5.41 Å². The highest BCUT2D eigenvalue weighted by Crippen LogP contribution is 2.26. The van der Waals surface area contributed by atoms with Gasteiger partial charge < -0.3 is 9.64 Å². The molecule has 0 heterocycles. The van der Waals surface area contributed by atoms with E-state index in [-0.39, 0.29) is 0 Å². The van der Waals surface area contributed by atoms with Gasteiger partial charge in [0, 0.05) is 19.1 Å². The van der Waals surface area contributed by atoms with Gasteiger partial charge in [-0.3, -0.25) is 0 Å². The van der Waals surface area contributed by atoms with Crippen LogP contribution in [0.4, 0.5) is 0 Å². The average molecular weight is 173 g/mol. The Bertz CT molecular complexity index is 108. The maximum absolute atomic E-state index is 5.26. The van der Waals surface area contributed by atoms with Gasteiger partial charge in [-0.2, -0.15) is 0 Å². The van der Waals surface area contributed by atoms with Gasteiger partial charge >= 0.3 is 0 Å². The SMILES string of the molecule is CCC(CC)(COC)CN(C)C. The molecule has 0 spiro atoms. The van der Waals surface area contributed by atoms with Gasteiger partial charge in [-0.1, -0.05) is 13.8 Å². The Morgan fingerprint density at radius 1 is 1.17 bits per heavy atom. The number of ether oxygens (including phenoxy) is 1. The first-order valence-electron chi connectivity index (χ1n) is 4.74. The van der Waals surface area contributed by atoms with Crippen molar-refractivity contribution in [2.75, 3.05) is 34.4 Å². The lowest BCUT2D eigenvalue weighted by molar-refractivity contribution is 0.0510. The molecule has 2 nitrogen and oxygen atoms in total. The van der Waals surface area contributed by atoms with E-state index in [1.807, 2.05) is 0 Å². The average Bonchev–Trinajstić information content (AvgIpc) is 2.03. The predicted molar refractivity (Wildman–Crippen MR) is 53.4 cm³/mol. The lowest BCUT2D eigenvalue weighted by Crippen LogP contribution is -2.36. The maximum atomic E-state index is 5.26. The molecule has 0 saturated heterocycles.